The Bertz CT molecular complexity index is 1210. The summed E-state index contributed by atoms with van der Waals surface area (Å²) in [5.74, 6) is -0.752. The summed E-state index contributed by atoms with van der Waals surface area (Å²) in [6.07, 6.45) is 0. The average Bonchev–Trinajstić information content (AvgIpc) is 2.84. The lowest BCUT2D eigenvalue weighted by Gasteiger charge is -2.19. The molecule has 0 heterocycles. The van der Waals surface area contributed by atoms with Gasteiger partial charge in [0.25, 0.3) is 21.8 Å². The van der Waals surface area contributed by atoms with Gasteiger partial charge >= 0.3 is 0 Å². The smallest absolute Gasteiger partial charge is 0.264 e. The number of benzene rings is 3. The van der Waals surface area contributed by atoms with Crippen molar-refractivity contribution in [3.63, 3.8) is 0 Å². The highest BCUT2D eigenvalue weighted by molar-refractivity contribution is 7.92. The number of nitrogens with one attached hydrogen (secondary N) is 2. The zero-order valence-electron chi connectivity index (χ0n) is 18.3. The van der Waals surface area contributed by atoms with Crippen LogP contribution in [0.4, 0.5) is 11.4 Å². The summed E-state index contributed by atoms with van der Waals surface area (Å²) in [4.78, 5) is 25.3. The third-order valence-corrected chi connectivity index (χ3v) is 6.71. The summed E-state index contributed by atoms with van der Waals surface area (Å²) < 4.78 is 31.7. The van der Waals surface area contributed by atoms with Gasteiger partial charge < -0.3 is 15.4 Å². The monoisotopic (exact) mass is 467 g/mol. The lowest BCUT2D eigenvalue weighted by atomic mass is 10.1. The zero-order chi connectivity index (χ0) is 23.8. The van der Waals surface area contributed by atoms with Crippen LogP contribution in [0, 0.1) is 0 Å². The van der Waals surface area contributed by atoms with Crippen LogP contribution in [0.1, 0.15) is 20.7 Å². The van der Waals surface area contributed by atoms with Crippen LogP contribution >= 0.6 is 0 Å². The van der Waals surface area contributed by atoms with Gasteiger partial charge in [-0.25, -0.2) is 8.42 Å². The molecule has 0 atom stereocenters. The van der Waals surface area contributed by atoms with Crippen molar-refractivity contribution in [1.82, 2.24) is 5.32 Å². The molecular formula is C24H25N3O5S. The lowest BCUT2D eigenvalue weighted by molar-refractivity contribution is 0.0938. The Morgan fingerprint density at radius 2 is 1.52 bits per heavy atom. The molecule has 0 aromatic heterocycles. The molecule has 0 radical (unpaired) electrons. The van der Waals surface area contributed by atoms with Gasteiger partial charge in [0.2, 0.25) is 0 Å². The summed E-state index contributed by atoms with van der Waals surface area (Å²) >= 11 is 0. The Balaban J connectivity index is 1.74. The van der Waals surface area contributed by atoms with E-state index in [1.807, 2.05) is 0 Å². The SMILES string of the molecule is COCCNC(=O)c1ccccc1NC(=O)c1ccc(N(C)S(=O)(=O)c2ccccc2)cc1. The molecule has 0 bridgehead atoms. The van der Waals surface area contributed by atoms with Crippen LogP contribution in [0.3, 0.4) is 0 Å². The second-order valence-electron chi connectivity index (χ2n) is 7.08. The molecule has 0 spiro atoms. The van der Waals surface area contributed by atoms with E-state index in [4.69, 9.17) is 4.74 Å². The predicted octanol–water partition coefficient (Wildman–Crippen LogP) is 3.14. The number of amides is 2. The normalized spacial score (nSPS) is 11.0. The van der Waals surface area contributed by atoms with Gasteiger partial charge in [-0.15, -0.1) is 0 Å². The minimum absolute atomic E-state index is 0.176. The maximum absolute atomic E-state index is 12.8. The Morgan fingerprint density at radius 1 is 0.879 bits per heavy atom. The van der Waals surface area contributed by atoms with Crippen LogP contribution in [0.15, 0.2) is 83.8 Å². The van der Waals surface area contributed by atoms with Crippen LogP contribution < -0.4 is 14.9 Å². The second-order valence-corrected chi connectivity index (χ2v) is 9.05. The number of rotatable bonds is 9. The van der Waals surface area contributed by atoms with Crippen molar-refractivity contribution >= 4 is 33.2 Å². The minimum Gasteiger partial charge on any atom is -0.383 e. The highest BCUT2D eigenvalue weighted by atomic mass is 32.2. The van der Waals surface area contributed by atoms with Crippen LogP contribution in [0.5, 0.6) is 0 Å². The molecule has 0 aliphatic heterocycles. The molecule has 0 saturated heterocycles. The van der Waals surface area contributed by atoms with Gasteiger partial charge in [0, 0.05) is 26.3 Å². The fourth-order valence-corrected chi connectivity index (χ4v) is 4.28. The number of carbonyl (C=O) groups excluding carboxylic acids is 2. The number of ether oxygens (including phenoxy) is 1. The van der Waals surface area contributed by atoms with E-state index >= 15 is 0 Å². The first-order valence-corrected chi connectivity index (χ1v) is 11.6. The molecule has 0 aliphatic carbocycles. The topological polar surface area (TPSA) is 105 Å². The van der Waals surface area contributed by atoms with E-state index in [9.17, 15) is 18.0 Å². The van der Waals surface area contributed by atoms with Crippen molar-refractivity contribution in [2.24, 2.45) is 0 Å². The van der Waals surface area contributed by atoms with Gasteiger partial charge in [0.15, 0.2) is 0 Å². The Kier molecular flexibility index (Phi) is 7.81. The van der Waals surface area contributed by atoms with Crippen molar-refractivity contribution in [1.29, 1.82) is 0 Å². The summed E-state index contributed by atoms with van der Waals surface area (Å²) in [5, 5.41) is 5.46. The lowest BCUT2D eigenvalue weighted by Crippen LogP contribution is -2.28. The standard InChI is InChI=1S/C24H25N3O5S/c1-27(33(30,31)20-8-4-3-5-9-20)19-14-12-18(13-15-19)23(28)26-22-11-7-6-10-21(22)24(29)25-16-17-32-2/h3-15H,16-17H2,1-2H3,(H,25,29)(H,26,28). The van der Waals surface area contributed by atoms with Gasteiger partial charge in [0.1, 0.15) is 0 Å². The molecule has 9 heteroatoms. The van der Waals surface area contributed by atoms with Gasteiger partial charge in [-0.2, -0.15) is 0 Å². The fraction of sp³-hybridized carbons (Fsp3) is 0.167. The maximum atomic E-state index is 12.8. The number of anilines is 2. The van der Waals surface area contributed by atoms with E-state index in [1.165, 1.54) is 31.3 Å². The van der Waals surface area contributed by atoms with Crippen LogP contribution in [0.2, 0.25) is 0 Å². The molecule has 0 aliphatic rings. The summed E-state index contributed by atoms with van der Waals surface area (Å²) in [5.41, 5.74) is 1.42. The van der Waals surface area contributed by atoms with Gasteiger partial charge in [-0.1, -0.05) is 30.3 Å². The molecular weight excluding hydrogens is 442 g/mol. The highest BCUT2D eigenvalue weighted by Crippen LogP contribution is 2.23. The Labute approximate surface area is 193 Å². The number of sulfonamides is 1. The minimum atomic E-state index is -3.72. The van der Waals surface area contributed by atoms with Crippen LogP contribution in [-0.2, 0) is 14.8 Å². The van der Waals surface area contributed by atoms with Gasteiger partial charge in [-0.05, 0) is 48.5 Å². The third kappa shape index (κ3) is 5.76. The highest BCUT2D eigenvalue weighted by Gasteiger charge is 2.21. The van der Waals surface area contributed by atoms with E-state index in [0.717, 1.165) is 4.31 Å². The summed E-state index contributed by atoms with van der Waals surface area (Å²) in [7, 11) is -0.723. The molecule has 0 fully saturated rings. The van der Waals surface area contributed by atoms with Crippen molar-refractivity contribution in [3.05, 3.63) is 90.0 Å². The number of nitrogens with zero attached hydrogens (tertiary/aromatic N) is 1. The first-order valence-electron chi connectivity index (χ1n) is 10.2. The number of methoxy groups -OCH3 is 1. The van der Waals surface area contributed by atoms with E-state index in [2.05, 4.69) is 10.6 Å². The molecule has 3 aromatic carbocycles. The van der Waals surface area contributed by atoms with E-state index < -0.39 is 15.9 Å². The molecule has 172 valence electrons. The predicted molar refractivity (Wildman–Crippen MR) is 127 cm³/mol. The van der Waals surface area contributed by atoms with Crippen molar-refractivity contribution in [2.75, 3.05) is 36.9 Å². The fourth-order valence-electron chi connectivity index (χ4n) is 3.06. The van der Waals surface area contributed by atoms with Crippen molar-refractivity contribution in [2.45, 2.75) is 4.90 Å². The Hall–Kier alpha value is -3.69. The zero-order valence-corrected chi connectivity index (χ0v) is 19.1. The molecule has 0 unspecified atom stereocenters. The number of para-hydroxylation sites is 1. The van der Waals surface area contributed by atoms with E-state index in [0.29, 0.717) is 35.7 Å². The summed E-state index contributed by atoms with van der Waals surface area (Å²) in [6, 6.07) is 21.0. The van der Waals surface area contributed by atoms with E-state index in [1.54, 1.807) is 61.7 Å². The quantitative estimate of drug-likeness (QED) is 0.471. The van der Waals surface area contributed by atoms with Crippen molar-refractivity contribution in [3.8, 4) is 0 Å². The average molecular weight is 468 g/mol. The molecule has 3 aromatic rings. The second kappa shape index (κ2) is 10.8. The maximum Gasteiger partial charge on any atom is 0.264 e. The molecule has 0 saturated carbocycles. The largest absolute Gasteiger partial charge is 0.383 e. The molecule has 2 N–H and O–H groups in total. The van der Waals surface area contributed by atoms with E-state index in [-0.39, 0.29) is 10.8 Å². The van der Waals surface area contributed by atoms with Crippen LogP contribution in [-0.4, -0.2) is 47.5 Å². The van der Waals surface area contributed by atoms with Crippen LogP contribution in [0.25, 0.3) is 0 Å². The van der Waals surface area contributed by atoms with Gasteiger partial charge in [-0.3, -0.25) is 13.9 Å². The molecule has 2 amide bonds. The number of hydrogen-bond acceptors (Lipinski definition) is 5. The van der Waals surface area contributed by atoms with Crippen molar-refractivity contribution < 1.29 is 22.7 Å². The Morgan fingerprint density at radius 3 is 2.18 bits per heavy atom. The molecule has 8 nitrogen and oxygen atoms in total. The number of carbonyl (C=O) groups is 2. The molecule has 3 rings (SSSR count). The van der Waals surface area contributed by atoms with Gasteiger partial charge in [0.05, 0.1) is 28.4 Å². The summed E-state index contributed by atoms with van der Waals surface area (Å²) in [6.45, 7) is 0.722. The first kappa shape index (κ1) is 24.0. The molecule has 33 heavy (non-hydrogen) atoms. The number of hydrogen-bond donors (Lipinski definition) is 2. The third-order valence-electron chi connectivity index (χ3n) is 4.91. The first-order chi connectivity index (χ1) is 15.8.